The Morgan fingerprint density at radius 1 is 1.29 bits per heavy atom. The van der Waals surface area contributed by atoms with E-state index < -0.39 is 0 Å². The number of fused-ring (bicyclic) bond motifs is 1. The van der Waals surface area contributed by atoms with Crippen LogP contribution in [0, 0.1) is 5.92 Å². The van der Waals surface area contributed by atoms with E-state index in [1.54, 1.807) is 4.90 Å². The first-order valence-corrected chi connectivity index (χ1v) is 10.2. The van der Waals surface area contributed by atoms with Crippen molar-refractivity contribution < 1.29 is 14.1 Å². The number of nitrogens with one attached hydrogen (secondary N) is 1. The van der Waals surface area contributed by atoms with Gasteiger partial charge in [-0.1, -0.05) is 37.2 Å². The smallest absolute Gasteiger partial charge is 0.322 e. The van der Waals surface area contributed by atoms with Gasteiger partial charge < -0.3 is 14.6 Å². The quantitative estimate of drug-likeness (QED) is 0.847. The molecule has 0 saturated carbocycles. The van der Waals surface area contributed by atoms with Crippen LogP contribution in [0.25, 0.3) is 0 Å². The lowest BCUT2D eigenvalue weighted by Gasteiger charge is -2.24. The highest BCUT2D eigenvalue weighted by Crippen LogP contribution is 2.40. The highest BCUT2D eigenvalue weighted by atomic mass is 16.5. The molecule has 150 valence electrons. The molecule has 28 heavy (non-hydrogen) atoms. The molecule has 0 bridgehead atoms. The molecule has 7 nitrogen and oxygen atoms in total. The topological polar surface area (TPSA) is 80.5 Å². The van der Waals surface area contributed by atoms with Crippen molar-refractivity contribution in [1.82, 2.24) is 15.5 Å². The fourth-order valence-corrected chi connectivity index (χ4v) is 3.89. The van der Waals surface area contributed by atoms with Gasteiger partial charge in [0.25, 0.3) is 0 Å². The first-order valence-electron chi connectivity index (χ1n) is 10.2. The van der Waals surface area contributed by atoms with Crippen LogP contribution < -0.4 is 10.2 Å². The maximum absolute atomic E-state index is 13.0. The highest BCUT2D eigenvalue weighted by molar-refractivity contribution is 5.95. The van der Waals surface area contributed by atoms with Gasteiger partial charge in [-0.3, -0.25) is 4.90 Å². The summed E-state index contributed by atoms with van der Waals surface area (Å²) in [6.45, 7) is 6.40. The Bertz CT molecular complexity index is 813. The second kappa shape index (κ2) is 8.31. The maximum Gasteiger partial charge on any atom is 0.322 e. The molecule has 0 radical (unpaired) electrons. The summed E-state index contributed by atoms with van der Waals surface area (Å²) < 4.78 is 11.0. The number of carbonyl (C=O) groups excluding carboxylic acids is 1. The van der Waals surface area contributed by atoms with Crippen molar-refractivity contribution in [2.45, 2.75) is 51.5 Å². The van der Waals surface area contributed by atoms with Crippen molar-refractivity contribution in [1.29, 1.82) is 0 Å². The number of nitrogens with zero attached hydrogens (tertiary/aromatic N) is 3. The number of para-hydroxylation sites is 1. The van der Waals surface area contributed by atoms with Crippen molar-refractivity contribution in [3.8, 4) is 0 Å². The lowest BCUT2D eigenvalue weighted by Crippen LogP contribution is -2.41. The van der Waals surface area contributed by atoms with Crippen LogP contribution in [0.4, 0.5) is 10.5 Å². The van der Waals surface area contributed by atoms with E-state index in [1.807, 2.05) is 18.2 Å². The molecular weight excluding hydrogens is 356 g/mol. The van der Waals surface area contributed by atoms with E-state index in [9.17, 15) is 4.79 Å². The first kappa shape index (κ1) is 18.9. The van der Waals surface area contributed by atoms with E-state index in [0.717, 1.165) is 43.7 Å². The fourth-order valence-electron chi connectivity index (χ4n) is 3.89. The lowest BCUT2D eigenvalue weighted by molar-refractivity contribution is 0.0778. The van der Waals surface area contributed by atoms with Crippen LogP contribution in [0.3, 0.4) is 0 Å². The summed E-state index contributed by atoms with van der Waals surface area (Å²) in [5.41, 5.74) is 2.05. The number of rotatable bonds is 5. The number of hydrogen-bond donors (Lipinski definition) is 1. The molecule has 1 atom stereocenters. The number of ether oxygens (including phenoxy) is 1. The van der Waals surface area contributed by atoms with Gasteiger partial charge in [-0.05, 0) is 36.8 Å². The summed E-state index contributed by atoms with van der Waals surface area (Å²) in [4.78, 5) is 19.5. The van der Waals surface area contributed by atoms with Crippen molar-refractivity contribution >= 4 is 11.7 Å². The average Bonchev–Trinajstić information content (AvgIpc) is 3.33. The normalized spacial score (nSPS) is 19.8. The van der Waals surface area contributed by atoms with Gasteiger partial charge in [-0.25, -0.2) is 4.79 Å². The van der Waals surface area contributed by atoms with Crippen LogP contribution in [0.2, 0.25) is 0 Å². The number of benzene rings is 1. The van der Waals surface area contributed by atoms with Crippen molar-refractivity contribution in [3.05, 3.63) is 41.5 Å². The number of aromatic nitrogens is 2. The van der Waals surface area contributed by atoms with Gasteiger partial charge in [0.2, 0.25) is 5.89 Å². The fraction of sp³-hybridized carbons (Fsp3) is 0.571. The van der Waals surface area contributed by atoms with Crippen molar-refractivity contribution in [2.75, 3.05) is 24.7 Å². The molecule has 1 aromatic heterocycles. The van der Waals surface area contributed by atoms with Gasteiger partial charge >= 0.3 is 6.03 Å². The summed E-state index contributed by atoms with van der Waals surface area (Å²) in [6, 6.07) is 7.65. The minimum atomic E-state index is -0.242. The summed E-state index contributed by atoms with van der Waals surface area (Å²) in [7, 11) is 0. The van der Waals surface area contributed by atoms with Gasteiger partial charge in [0.05, 0.1) is 0 Å². The molecule has 1 aromatic carbocycles. The monoisotopic (exact) mass is 384 g/mol. The van der Waals surface area contributed by atoms with Crippen LogP contribution in [0.5, 0.6) is 0 Å². The molecule has 1 fully saturated rings. The number of hydrogen-bond acceptors (Lipinski definition) is 5. The molecule has 2 aliphatic rings. The summed E-state index contributed by atoms with van der Waals surface area (Å²) in [6.07, 6.45) is 3.43. The Morgan fingerprint density at radius 2 is 2.07 bits per heavy atom. The van der Waals surface area contributed by atoms with Gasteiger partial charge in [0.1, 0.15) is 6.04 Å². The van der Waals surface area contributed by atoms with E-state index in [0.29, 0.717) is 30.6 Å². The largest absolute Gasteiger partial charge is 0.381 e. The predicted octanol–water partition coefficient (Wildman–Crippen LogP) is 3.82. The molecule has 4 rings (SSSR count). The Morgan fingerprint density at radius 3 is 2.86 bits per heavy atom. The lowest BCUT2D eigenvalue weighted by atomic mass is 10.0. The molecule has 2 amide bonds. The Labute approximate surface area is 165 Å². The van der Waals surface area contributed by atoms with Gasteiger partial charge in [-0.2, -0.15) is 4.98 Å². The molecule has 7 heteroatoms. The molecule has 0 aliphatic carbocycles. The van der Waals surface area contributed by atoms with Crippen molar-refractivity contribution in [3.63, 3.8) is 0 Å². The van der Waals surface area contributed by atoms with E-state index >= 15 is 0 Å². The molecule has 3 heterocycles. The second-order valence-electron chi connectivity index (χ2n) is 8.01. The molecule has 1 saturated heterocycles. The number of amides is 2. The SMILES string of the molecule is CC(C)CCNC(=O)N1c2ccccc2CC1c1noc(C2CCOCC2)n1. The zero-order valence-corrected chi connectivity index (χ0v) is 16.6. The third-order valence-corrected chi connectivity index (χ3v) is 5.52. The standard InChI is InChI=1S/C21H28N4O3/c1-14(2)7-10-22-21(26)25-17-6-4-3-5-16(17)13-18(25)19-23-20(28-24-19)15-8-11-27-12-9-15/h3-6,14-15,18H,7-13H2,1-2H3,(H,22,26). The number of urea groups is 1. The van der Waals surface area contributed by atoms with Crippen LogP contribution in [0.15, 0.2) is 28.8 Å². The Kier molecular flexibility index (Phi) is 5.62. The molecule has 1 unspecified atom stereocenters. The third-order valence-electron chi connectivity index (χ3n) is 5.52. The molecule has 0 spiro atoms. The zero-order chi connectivity index (χ0) is 19.5. The average molecular weight is 384 g/mol. The summed E-state index contributed by atoms with van der Waals surface area (Å²) >= 11 is 0. The maximum atomic E-state index is 13.0. The highest BCUT2D eigenvalue weighted by Gasteiger charge is 2.38. The molecule has 1 N–H and O–H groups in total. The second-order valence-corrected chi connectivity index (χ2v) is 8.01. The summed E-state index contributed by atoms with van der Waals surface area (Å²) in [5, 5.41) is 7.30. The van der Waals surface area contributed by atoms with Crippen LogP contribution in [-0.4, -0.2) is 35.9 Å². The molecule has 2 aliphatic heterocycles. The van der Waals surface area contributed by atoms with Crippen LogP contribution >= 0.6 is 0 Å². The molecule has 2 aromatic rings. The van der Waals surface area contributed by atoms with Crippen molar-refractivity contribution in [2.24, 2.45) is 5.92 Å². The minimum absolute atomic E-state index is 0.104. The Balaban J connectivity index is 1.55. The van der Waals surface area contributed by atoms with Gasteiger partial charge in [-0.15, -0.1) is 0 Å². The predicted molar refractivity (Wildman–Crippen MR) is 105 cm³/mol. The summed E-state index contributed by atoms with van der Waals surface area (Å²) in [5.74, 6) is 2.03. The van der Waals surface area contributed by atoms with Crippen LogP contribution in [0.1, 0.15) is 62.3 Å². The Hall–Kier alpha value is -2.41. The first-order chi connectivity index (χ1) is 13.6. The van der Waals surface area contributed by atoms with Gasteiger partial charge in [0.15, 0.2) is 5.82 Å². The zero-order valence-electron chi connectivity index (χ0n) is 16.6. The van der Waals surface area contributed by atoms with E-state index in [-0.39, 0.29) is 18.0 Å². The number of carbonyl (C=O) groups is 1. The van der Waals surface area contributed by atoms with Crippen LogP contribution in [-0.2, 0) is 11.2 Å². The minimum Gasteiger partial charge on any atom is -0.381 e. The van der Waals surface area contributed by atoms with E-state index in [2.05, 4.69) is 35.4 Å². The van der Waals surface area contributed by atoms with E-state index in [1.165, 1.54) is 0 Å². The van der Waals surface area contributed by atoms with E-state index in [4.69, 9.17) is 9.26 Å². The van der Waals surface area contributed by atoms with Gasteiger partial charge in [0, 0.05) is 37.8 Å². The molecular formula is C21H28N4O3. The number of anilines is 1. The third kappa shape index (κ3) is 3.90.